The van der Waals surface area contributed by atoms with Crippen LogP contribution in [0.3, 0.4) is 0 Å². The number of alkyl halides is 3. The highest BCUT2D eigenvalue weighted by Gasteiger charge is 2.43. The van der Waals surface area contributed by atoms with Crippen LogP contribution in [0, 0.1) is 0 Å². The molecule has 0 amide bonds. The predicted octanol–water partition coefficient (Wildman–Crippen LogP) is 2.70. The largest absolute Gasteiger partial charge is 0.416 e. The van der Waals surface area contributed by atoms with Gasteiger partial charge in [0.05, 0.1) is 11.2 Å². The third-order valence-corrected chi connectivity index (χ3v) is 3.28. The zero-order valence-electron chi connectivity index (χ0n) is 9.87. The van der Waals surface area contributed by atoms with E-state index in [0.29, 0.717) is 13.0 Å². The minimum absolute atomic E-state index is 0.227. The smallest absolute Gasteiger partial charge is 0.385 e. The van der Waals surface area contributed by atoms with E-state index < -0.39 is 23.4 Å². The number of aromatic nitrogens is 1. The van der Waals surface area contributed by atoms with E-state index >= 15 is 0 Å². The van der Waals surface area contributed by atoms with Gasteiger partial charge in [-0.2, -0.15) is 13.2 Å². The molecule has 1 fully saturated rings. The molecule has 2 atom stereocenters. The lowest BCUT2D eigenvalue weighted by Gasteiger charge is -2.30. The maximum absolute atomic E-state index is 12.8. The molecule has 1 N–H and O–H groups in total. The van der Waals surface area contributed by atoms with Crippen molar-refractivity contribution in [2.45, 2.75) is 37.6 Å². The molecule has 0 aliphatic carbocycles. The lowest BCUT2D eigenvalue weighted by atomic mass is 9.89. The van der Waals surface area contributed by atoms with E-state index in [0.717, 1.165) is 24.9 Å². The summed E-state index contributed by atoms with van der Waals surface area (Å²) in [6.07, 6.45) is -2.45. The van der Waals surface area contributed by atoms with E-state index in [1.165, 1.54) is 0 Å². The number of aliphatic hydroxyl groups is 1. The normalized spacial score (nSPS) is 26.3. The van der Waals surface area contributed by atoms with Crippen LogP contribution >= 0.6 is 0 Å². The molecule has 1 saturated heterocycles. The van der Waals surface area contributed by atoms with Crippen LogP contribution in [0.2, 0.25) is 0 Å². The molecule has 18 heavy (non-hydrogen) atoms. The Bertz CT molecular complexity index is 428. The Morgan fingerprint density at radius 2 is 2.22 bits per heavy atom. The Kier molecular flexibility index (Phi) is 3.33. The number of pyridine rings is 1. The van der Waals surface area contributed by atoms with E-state index in [2.05, 4.69) is 4.98 Å². The van der Waals surface area contributed by atoms with Crippen molar-refractivity contribution in [1.29, 1.82) is 0 Å². The Hall–Kier alpha value is -1.14. The molecule has 3 nitrogen and oxygen atoms in total. The van der Waals surface area contributed by atoms with Crippen LogP contribution in [-0.4, -0.2) is 22.3 Å². The number of rotatable bonds is 2. The summed E-state index contributed by atoms with van der Waals surface area (Å²) in [4.78, 5) is 3.67. The second kappa shape index (κ2) is 4.51. The summed E-state index contributed by atoms with van der Waals surface area (Å²) < 4.78 is 43.9. The molecule has 100 valence electrons. The maximum atomic E-state index is 12.8. The fourth-order valence-corrected chi connectivity index (χ4v) is 2.23. The molecule has 0 aromatic carbocycles. The van der Waals surface area contributed by atoms with Crippen molar-refractivity contribution < 1.29 is 23.0 Å². The average molecular weight is 261 g/mol. The third kappa shape index (κ3) is 2.35. The number of halogens is 3. The van der Waals surface area contributed by atoms with Crippen LogP contribution in [-0.2, 0) is 10.9 Å². The van der Waals surface area contributed by atoms with Gasteiger partial charge in [0, 0.05) is 24.6 Å². The Morgan fingerprint density at radius 3 is 2.78 bits per heavy atom. The second-order valence-corrected chi connectivity index (χ2v) is 4.63. The van der Waals surface area contributed by atoms with Crippen LogP contribution < -0.4 is 0 Å². The first kappa shape index (κ1) is 13.3. The monoisotopic (exact) mass is 261 g/mol. The summed E-state index contributed by atoms with van der Waals surface area (Å²) in [6.45, 7) is 2.08. The summed E-state index contributed by atoms with van der Waals surface area (Å²) in [6, 6.07) is 0.872. The lowest BCUT2D eigenvalue weighted by Crippen LogP contribution is -2.33. The molecular formula is C12H14F3NO2. The van der Waals surface area contributed by atoms with Gasteiger partial charge in [0.15, 0.2) is 0 Å². The number of hydrogen-bond donors (Lipinski definition) is 1. The third-order valence-electron chi connectivity index (χ3n) is 3.28. The average Bonchev–Trinajstić information content (AvgIpc) is 2.75. The first-order valence-corrected chi connectivity index (χ1v) is 5.68. The quantitative estimate of drug-likeness (QED) is 0.890. The number of nitrogens with zero attached hydrogens (tertiary/aromatic N) is 1. The van der Waals surface area contributed by atoms with Gasteiger partial charge in [0.25, 0.3) is 0 Å². The zero-order valence-corrected chi connectivity index (χ0v) is 9.87. The highest BCUT2D eigenvalue weighted by Crippen LogP contribution is 2.41. The van der Waals surface area contributed by atoms with Gasteiger partial charge < -0.3 is 9.84 Å². The van der Waals surface area contributed by atoms with Crippen LogP contribution in [0.15, 0.2) is 18.5 Å². The van der Waals surface area contributed by atoms with E-state index in [-0.39, 0.29) is 5.56 Å². The van der Waals surface area contributed by atoms with Gasteiger partial charge in [0.2, 0.25) is 0 Å². The summed E-state index contributed by atoms with van der Waals surface area (Å²) >= 11 is 0. The molecule has 0 bridgehead atoms. The molecule has 1 aromatic heterocycles. The van der Waals surface area contributed by atoms with Crippen molar-refractivity contribution in [2.75, 3.05) is 6.61 Å². The molecule has 6 heteroatoms. The SMILES string of the molecule is CC1(C(O)c2cnccc2C(F)(F)F)CCCO1. The predicted molar refractivity (Wildman–Crippen MR) is 57.8 cm³/mol. The zero-order chi connectivity index (χ0) is 13.4. The van der Waals surface area contributed by atoms with Gasteiger partial charge in [-0.1, -0.05) is 0 Å². The molecule has 0 saturated carbocycles. The fourth-order valence-electron chi connectivity index (χ4n) is 2.23. The standard InChI is InChI=1S/C12H14F3NO2/c1-11(4-2-6-18-11)10(17)8-7-16-5-3-9(8)12(13,14)15/h3,5,7,10,17H,2,4,6H2,1H3. The van der Waals surface area contributed by atoms with Gasteiger partial charge in [-0.05, 0) is 25.8 Å². The summed E-state index contributed by atoms with van der Waals surface area (Å²) in [5, 5.41) is 10.2. The van der Waals surface area contributed by atoms with Gasteiger partial charge in [0.1, 0.15) is 6.10 Å². The van der Waals surface area contributed by atoms with Crippen molar-refractivity contribution >= 4 is 0 Å². The molecule has 0 spiro atoms. The van der Waals surface area contributed by atoms with Crippen LogP contribution in [0.5, 0.6) is 0 Å². The van der Waals surface area contributed by atoms with Crippen molar-refractivity contribution in [2.24, 2.45) is 0 Å². The van der Waals surface area contributed by atoms with Crippen LogP contribution in [0.25, 0.3) is 0 Å². The van der Waals surface area contributed by atoms with Crippen molar-refractivity contribution in [1.82, 2.24) is 4.98 Å². The molecular weight excluding hydrogens is 247 g/mol. The molecule has 1 aliphatic rings. The molecule has 2 rings (SSSR count). The lowest BCUT2D eigenvalue weighted by molar-refractivity contribution is -0.142. The molecule has 2 heterocycles. The summed E-state index contributed by atoms with van der Waals surface area (Å²) in [7, 11) is 0. The van der Waals surface area contributed by atoms with Crippen LogP contribution in [0.4, 0.5) is 13.2 Å². The maximum Gasteiger partial charge on any atom is 0.416 e. The molecule has 1 aliphatic heterocycles. The summed E-state index contributed by atoms with van der Waals surface area (Å²) in [5.41, 5.74) is -2.06. The minimum atomic E-state index is -4.51. The van der Waals surface area contributed by atoms with Gasteiger partial charge in [-0.3, -0.25) is 4.98 Å². The first-order valence-electron chi connectivity index (χ1n) is 5.68. The van der Waals surface area contributed by atoms with Gasteiger partial charge >= 0.3 is 6.18 Å². The molecule has 1 aromatic rings. The highest BCUT2D eigenvalue weighted by molar-refractivity contribution is 5.30. The van der Waals surface area contributed by atoms with Crippen molar-refractivity contribution in [3.05, 3.63) is 29.6 Å². The van der Waals surface area contributed by atoms with E-state index in [1.807, 2.05) is 0 Å². The Morgan fingerprint density at radius 1 is 1.50 bits per heavy atom. The Balaban J connectivity index is 2.39. The van der Waals surface area contributed by atoms with E-state index in [4.69, 9.17) is 4.74 Å². The number of ether oxygens (including phenoxy) is 1. The Labute approximate surface area is 103 Å². The topological polar surface area (TPSA) is 42.4 Å². The van der Waals surface area contributed by atoms with Gasteiger partial charge in [-0.15, -0.1) is 0 Å². The van der Waals surface area contributed by atoms with Crippen LogP contribution in [0.1, 0.15) is 37.0 Å². The van der Waals surface area contributed by atoms with Crippen molar-refractivity contribution in [3.63, 3.8) is 0 Å². The molecule has 0 radical (unpaired) electrons. The van der Waals surface area contributed by atoms with E-state index in [1.54, 1.807) is 6.92 Å². The minimum Gasteiger partial charge on any atom is -0.385 e. The second-order valence-electron chi connectivity index (χ2n) is 4.63. The first-order chi connectivity index (χ1) is 8.34. The number of aliphatic hydroxyl groups excluding tert-OH is 1. The molecule has 2 unspecified atom stereocenters. The van der Waals surface area contributed by atoms with Gasteiger partial charge in [-0.25, -0.2) is 0 Å². The van der Waals surface area contributed by atoms with E-state index in [9.17, 15) is 18.3 Å². The summed E-state index contributed by atoms with van der Waals surface area (Å²) in [5.74, 6) is 0. The fraction of sp³-hybridized carbons (Fsp3) is 0.583. The number of hydrogen-bond acceptors (Lipinski definition) is 3. The van der Waals surface area contributed by atoms with Crippen molar-refractivity contribution in [3.8, 4) is 0 Å². The highest BCUT2D eigenvalue weighted by atomic mass is 19.4.